The summed E-state index contributed by atoms with van der Waals surface area (Å²) in [6.07, 6.45) is 8.48. The smallest absolute Gasteiger partial charge is 0.222 e. The average Bonchev–Trinajstić information content (AvgIpc) is 2.45. The maximum Gasteiger partial charge on any atom is 0.222 e. The SMILES string of the molecule is CCCCCCCCNC(N)=NCCCNC(=O)C(C)C. The molecular weight excluding hydrogens is 264 g/mol. The number of nitrogens with one attached hydrogen (secondary N) is 2. The Hall–Kier alpha value is -1.26. The lowest BCUT2D eigenvalue weighted by Crippen LogP contribution is -2.33. The normalized spacial score (nSPS) is 11.7. The number of hydrogen-bond donors (Lipinski definition) is 3. The molecule has 0 radical (unpaired) electrons. The summed E-state index contributed by atoms with van der Waals surface area (Å²) in [4.78, 5) is 15.6. The van der Waals surface area contributed by atoms with Crippen molar-refractivity contribution in [2.75, 3.05) is 19.6 Å². The molecule has 0 bridgehead atoms. The molecule has 124 valence electrons. The minimum absolute atomic E-state index is 0.0394. The monoisotopic (exact) mass is 298 g/mol. The largest absolute Gasteiger partial charge is 0.370 e. The van der Waals surface area contributed by atoms with Crippen molar-refractivity contribution in [1.29, 1.82) is 0 Å². The number of carbonyl (C=O) groups is 1. The first-order valence-electron chi connectivity index (χ1n) is 8.39. The van der Waals surface area contributed by atoms with E-state index in [0.29, 0.717) is 19.0 Å². The first-order chi connectivity index (χ1) is 10.1. The van der Waals surface area contributed by atoms with Crippen molar-refractivity contribution < 1.29 is 4.79 Å². The third-order valence-corrected chi connectivity index (χ3v) is 3.28. The molecule has 0 aliphatic rings. The highest BCUT2D eigenvalue weighted by molar-refractivity contribution is 5.78. The topological polar surface area (TPSA) is 79.5 Å². The molecule has 0 atom stereocenters. The Balaban J connectivity index is 3.42. The molecule has 0 aromatic carbocycles. The summed E-state index contributed by atoms with van der Waals surface area (Å²) in [5.74, 6) is 0.643. The van der Waals surface area contributed by atoms with Gasteiger partial charge >= 0.3 is 0 Å². The van der Waals surface area contributed by atoms with Gasteiger partial charge in [-0.3, -0.25) is 9.79 Å². The van der Waals surface area contributed by atoms with Crippen molar-refractivity contribution >= 4 is 11.9 Å². The number of carbonyl (C=O) groups excluding carboxylic acids is 1. The van der Waals surface area contributed by atoms with Gasteiger partial charge in [0.1, 0.15) is 0 Å². The number of nitrogens with two attached hydrogens (primary N) is 1. The van der Waals surface area contributed by atoms with Gasteiger partial charge in [0.15, 0.2) is 5.96 Å². The Bertz CT molecular complexity index is 290. The Morgan fingerprint density at radius 3 is 2.29 bits per heavy atom. The molecule has 5 nitrogen and oxygen atoms in total. The fourth-order valence-electron chi connectivity index (χ4n) is 1.87. The van der Waals surface area contributed by atoms with E-state index in [4.69, 9.17) is 5.73 Å². The third-order valence-electron chi connectivity index (χ3n) is 3.28. The first kappa shape index (κ1) is 19.7. The van der Waals surface area contributed by atoms with Crippen LogP contribution < -0.4 is 16.4 Å². The second-order valence-electron chi connectivity index (χ2n) is 5.76. The summed E-state index contributed by atoms with van der Waals surface area (Å²) in [5, 5.41) is 5.99. The van der Waals surface area contributed by atoms with Gasteiger partial charge in [-0.15, -0.1) is 0 Å². The third kappa shape index (κ3) is 13.5. The lowest BCUT2D eigenvalue weighted by atomic mass is 10.1. The quantitative estimate of drug-likeness (QED) is 0.294. The molecule has 1 amide bonds. The highest BCUT2D eigenvalue weighted by atomic mass is 16.1. The standard InChI is InChI=1S/C16H34N4O/c1-4-5-6-7-8-9-11-19-16(17)20-13-10-12-18-15(21)14(2)3/h14H,4-13H2,1-3H3,(H,18,21)(H3,17,19,20). The van der Waals surface area contributed by atoms with Gasteiger partial charge in [0, 0.05) is 25.6 Å². The Morgan fingerprint density at radius 1 is 1.00 bits per heavy atom. The highest BCUT2D eigenvalue weighted by Crippen LogP contribution is 2.03. The number of unbranched alkanes of at least 4 members (excludes halogenated alkanes) is 5. The number of rotatable bonds is 12. The second kappa shape index (κ2) is 13.7. The van der Waals surface area contributed by atoms with Crippen molar-refractivity contribution in [1.82, 2.24) is 10.6 Å². The minimum atomic E-state index is 0.0394. The van der Waals surface area contributed by atoms with Gasteiger partial charge in [-0.25, -0.2) is 0 Å². The molecule has 5 heteroatoms. The van der Waals surface area contributed by atoms with Gasteiger partial charge in [-0.1, -0.05) is 52.9 Å². The summed E-state index contributed by atoms with van der Waals surface area (Å²) < 4.78 is 0. The fourth-order valence-corrected chi connectivity index (χ4v) is 1.87. The molecule has 0 fully saturated rings. The number of guanidine groups is 1. The average molecular weight is 298 g/mol. The predicted octanol–water partition coefficient (Wildman–Crippen LogP) is 2.41. The van der Waals surface area contributed by atoms with Crippen LogP contribution in [0.2, 0.25) is 0 Å². The van der Waals surface area contributed by atoms with Crippen LogP contribution in [0.1, 0.15) is 65.7 Å². The molecule has 0 rings (SSSR count). The zero-order valence-corrected chi connectivity index (χ0v) is 14.1. The molecule has 21 heavy (non-hydrogen) atoms. The van der Waals surface area contributed by atoms with E-state index in [-0.39, 0.29) is 11.8 Å². The molecular formula is C16H34N4O. The lowest BCUT2D eigenvalue weighted by Gasteiger charge is -2.07. The van der Waals surface area contributed by atoms with Gasteiger partial charge in [0.2, 0.25) is 5.91 Å². The van der Waals surface area contributed by atoms with Crippen molar-refractivity contribution in [2.45, 2.75) is 65.7 Å². The van der Waals surface area contributed by atoms with Gasteiger partial charge in [-0.05, 0) is 12.8 Å². The number of hydrogen-bond acceptors (Lipinski definition) is 2. The molecule has 0 aromatic rings. The molecule has 0 saturated heterocycles. The van der Waals surface area contributed by atoms with E-state index < -0.39 is 0 Å². The minimum Gasteiger partial charge on any atom is -0.370 e. The lowest BCUT2D eigenvalue weighted by molar-refractivity contribution is -0.123. The van der Waals surface area contributed by atoms with Gasteiger partial charge in [-0.2, -0.15) is 0 Å². The predicted molar refractivity (Wildman–Crippen MR) is 90.3 cm³/mol. The maximum atomic E-state index is 11.3. The van der Waals surface area contributed by atoms with Crippen LogP contribution in [0.15, 0.2) is 4.99 Å². The van der Waals surface area contributed by atoms with Crippen LogP contribution in [0.3, 0.4) is 0 Å². The molecule has 0 unspecified atom stereocenters. The fraction of sp³-hybridized carbons (Fsp3) is 0.875. The van der Waals surface area contributed by atoms with Crippen molar-refractivity contribution in [3.8, 4) is 0 Å². The van der Waals surface area contributed by atoms with Crippen molar-refractivity contribution in [3.05, 3.63) is 0 Å². The van der Waals surface area contributed by atoms with Crippen LogP contribution in [0.4, 0.5) is 0 Å². The molecule has 0 spiro atoms. The molecule has 4 N–H and O–H groups in total. The van der Waals surface area contributed by atoms with E-state index >= 15 is 0 Å². The summed E-state index contributed by atoms with van der Waals surface area (Å²) >= 11 is 0. The summed E-state index contributed by atoms with van der Waals surface area (Å²) in [6, 6.07) is 0. The van der Waals surface area contributed by atoms with E-state index in [1.54, 1.807) is 0 Å². The molecule has 0 heterocycles. The van der Waals surface area contributed by atoms with Gasteiger partial charge < -0.3 is 16.4 Å². The molecule has 0 saturated carbocycles. The van der Waals surface area contributed by atoms with E-state index in [1.165, 1.54) is 32.1 Å². The molecule has 0 aromatic heterocycles. The second-order valence-corrected chi connectivity index (χ2v) is 5.76. The summed E-state index contributed by atoms with van der Waals surface area (Å²) in [5.41, 5.74) is 5.78. The molecule has 0 aliphatic carbocycles. The summed E-state index contributed by atoms with van der Waals surface area (Å²) in [7, 11) is 0. The Labute approximate surface area is 130 Å². The van der Waals surface area contributed by atoms with Crippen LogP contribution in [0.25, 0.3) is 0 Å². The van der Waals surface area contributed by atoms with Crippen LogP contribution in [-0.4, -0.2) is 31.5 Å². The maximum absolute atomic E-state index is 11.3. The van der Waals surface area contributed by atoms with E-state index in [2.05, 4.69) is 22.5 Å². The van der Waals surface area contributed by atoms with E-state index in [1.807, 2.05) is 13.8 Å². The zero-order valence-electron chi connectivity index (χ0n) is 14.1. The Kier molecular flexibility index (Phi) is 12.9. The van der Waals surface area contributed by atoms with Crippen molar-refractivity contribution in [3.63, 3.8) is 0 Å². The number of aliphatic imine (C=N–C) groups is 1. The van der Waals surface area contributed by atoms with Gasteiger partial charge in [0.25, 0.3) is 0 Å². The first-order valence-corrected chi connectivity index (χ1v) is 8.39. The van der Waals surface area contributed by atoms with E-state index in [0.717, 1.165) is 19.4 Å². The van der Waals surface area contributed by atoms with Gasteiger partial charge in [0.05, 0.1) is 0 Å². The van der Waals surface area contributed by atoms with Crippen LogP contribution in [0.5, 0.6) is 0 Å². The van der Waals surface area contributed by atoms with E-state index in [9.17, 15) is 4.79 Å². The number of nitrogens with zero attached hydrogens (tertiary/aromatic N) is 1. The molecule has 0 aliphatic heterocycles. The Morgan fingerprint density at radius 2 is 1.62 bits per heavy atom. The highest BCUT2D eigenvalue weighted by Gasteiger charge is 2.04. The van der Waals surface area contributed by atoms with Crippen LogP contribution in [0, 0.1) is 5.92 Å². The zero-order chi connectivity index (χ0) is 15.9. The van der Waals surface area contributed by atoms with Crippen molar-refractivity contribution in [2.24, 2.45) is 16.6 Å². The number of amides is 1. The van der Waals surface area contributed by atoms with Crippen LogP contribution in [-0.2, 0) is 4.79 Å². The summed E-state index contributed by atoms with van der Waals surface area (Å²) in [6.45, 7) is 8.20. The van der Waals surface area contributed by atoms with Crippen LogP contribution >= 0.6 is 0 Å².